The molecule has 1 aromatic carbocycles. The summed E-state index contributed by atoms with van der Waals surface area (Å²) in [6.45, 7) is 4.79. The van der Waals surface area contributed by atoms with Gasteiger partial charge in [0.15, 0.2) is 0 Å². The second-order valence-corrected chi connectivity index (χ2v) is 4.00. The first-order chi connectivity index (χ1) is 8.17. The topological polar surface area (TPSA) is 41.1 Å². The first-order valence-corrected chi connectivity index (χ1v) is 5.96. The van der Waals surface area contributed by atoms with Crippen molar-refractivity contribution in [3.05, 3.63) is 30.1 Å². The van der Waals surface area contributed by atoms with E-state index < -0.39 is 5.82 Å². The van der Waals surface area contributed by atoms with Crippen LogP contribution in [-0.4, -0.2) is 12.6 Å². The number of hydrogen-bond acceptors (Lipinski definition) is 1. The summed E-state index contributed by atoms with van der Waals surface area (Å²) in [5.74, 6) is 0.0477. The van der Waals surface area contributed by atoms with Crippen LogP contribution in [0.2, 0.25) is 0 Å². The maximum atomic E-state index is 13.2. The Kier molecular flexibility index (Phi) is 5.46. The van der Waals surface area contributed by atoms with E-state index in [2.05, 4.69) is 24.5 Å². The van der Waals surface area contributed by atoms with Crippen LogP contribution in [-0.2, 0) is 0 Å². The molecule has 0 atom stereocenters. The number of carbonyl (C=O) groups excluding carboxylic acids is 1. The Morgan fingerprint density at radius 3 is 2.53 bits per heavy atom. The molecular weight excluding hydrogens is 219 g/mol. The van der Waals surface area contributed by atoms with Crippen LogP contribution in [0, 0.1) is 11.7 Å². The normalized spacial score (nSPS) is 10.4. The number of amides is 2. The van der Waals surface area contributed by atoms with Crippen molar-refractivity contribution in [2.24, 2.45) is 5.92 Å². The average molecular weight is 238 g/mol. The van der Waals surface area contributed by atoms with Crippen LogP contribution >= 0.6 is 0 Å². The Hall–Kier alpha value is -1.58. The van der Waals surface area contributed by atoms with Crippen molar-refractivity contribution >= 4 is 11.7 Å². The summed E-state index contributed by atoms with van der Waals surface area (Å²) in [6, 6.07) is 5.76. The van der Waals surface area contributed by atoms with E-state index in [1.54, 1.807) is 12.1 Å². The Labute approximate surface area is 101 Å². The minimum atomic E-state index is -0.426. The number of rotatable bonds is 5. The Morgan fingerprint density at radius 2 is 1.94 bits per heavy atom. The molecular formula is C13H19FN2O. The van der Waals surface area contributed by atoms with Gasteiger partial charge in [-0.2, -0.15) is 0 Å². The van der Waals surface area contributed by atoms with Crippen molar-refractivity contribution in [1.29, 1.82) is 0 Å². The molecule has 0 saturated heterocycles. The molecule has 3 nitrogen and oxygen atoms in total. The molecule has 0 heterocycles. The van der Waals surface area contributed by atoms with Crippen molar-refractivity contribution in [2.75, 3.05) is 11.9 Å². The quantitative estimate of drug-likeness (QED) is 0.811. The molecule has 0 aromatic heterocycles. The second kappa shape index (κ2) is 6.89. The molecule has 1 rings (SSSR count). The molecule has 1 aromatic rings. The fourth-order valence-corrected chi connectivity index (χ4v) is 1.54. The van der Waals surface area contributed by atoms with Gasteiger partial charge in [0.25, 0.3) is 0 Å². The number of hydrogen-bond donors (Lipinski definition) is 2. The van der Waals surface area contributed by atoms with Gasteiger partial charge in [0.1, 0.15) is 5.82 Å². The highest BCUT2D eigenvalue weighted by molar-refractivity contribution is 5.89. The zero-order chi connectivity index (χ0) is 12.7. The van der Waals surface area contributed by atoms with Crippen LogP contribution in [0.1, 0.15) is 26.7 Å². The molecule has 0 radical (unpaired) electrons. The maximum absolute atomic E-state index is 13.2. The van der Waals surface area contributed by atoms with Crippen molar-refractivity contribution in [3.8, 4) is 0 Å². The minimum Gasteiger partial charge on any atom is -0.338 e. The Bertz CT molecular complexity index is 364. The van der Waals surface area contributed by atoms with E-state index in [1.807, 2.05) is 0 Å². The molecule has 0 fully saturated rings. The summed E-state index contributed by atoms with van der Waals surface area (Å²) in [7, 11) is 0. The van der Waals surface area contributed by atoms with Gasteiger partial charge in [-0.15, -0.1) is 0 Å². The van der Waals surface area contributed by atoms with Gasteiger partial charge in [-0.1, -0.05) is 38.8 Å². The average Bonchev–Trinajstić information content (AvgIpc) is 2.33. The molecule has 0 aliphatic rings. The van der Waals surface area contributed by atoms with Crippen molar-refractivity contribution < 1.29 is 9.18 Å². The highest BCUT2D eigenvalue weighted by Crippen LogP contribution is 2.12. The number of carbonyl (C=O) groups is 1. The van der Waals surface area contributed by atoms with E-state index in [0.717, 1.165) is 12.8 Å². The summed E-state index contributed by atoms with van der Waals surface area (Å²) < 4.78 is 13.2. The van der Waals surface area contributed by atoms with E-state index in [1.165, 1.54) is 12.1 Å². The van der Waals surface area contributed by atoms with E-state index in [-0.39, 0.29) is 11.7 Å². The molecule has 0 bridgehead atoms. The van der Waals surface area contributed by atoms with E-state index in [0.29, 0.717) is 12.5 Å². The summed E-state index contributed by atoms with van der Waals surface area (Å²) >= 11 is 0. The fourth-order valence-electron chi connectivity index (χ4n) is 1.54. The monoisotopic (exact) mass is 238 g/mol. The number of halogens is 1. The largest absolute Gasteiger partial charge is 0.338 e. The number of para-hydroxylation sites is 1. The Balaban J connectivity index is 2.42. The maximum Gasteiger partial charge on any atom is 0.319 e. The zero-order valence-electron chi connectivity index (χ0n) is 10.3. The third kappa shape index (κ3) is 4.43. The van der Waals surface area contributed by atoms with Gasteiger partial charge >= 0.3 is 6.03 Å². The van der Waals surface area contributed by atoms with Gasteiger partial charge in [-0.05, 0) is 18.1 Å². The molecule has 0 aliphatic heterocycles. The van der Waals surface area contributed by atoms with E-state index in [9.17, 15) is 9.18 Å². The predicted octanol–water partition coefficient (Wildman–Crippen LogP) is 3.38. The highest BCUT2D eigenvalue weighted by Gasteiger charge is 2.08. The van der Waals surface area contributed by atoms with Gasteiger partial charge in [0.2, 0.25) is 0 Å². The number of nitrogens with one attached hydrogen (secondary N) is 2. The SMILES string of the molecule is CCC(CC)CNC(=O)Nc1ccccc1F. The molecule has 0 unspecified atom stereocenters. The van der Waals surface area contributed by atoms with Gasteiger partial charge < -0.3 is 10.6 Å². The third-order valence-corrected chi connectivity index (χ3v) is 2.83. The summed E-state index contributed by atoms with van der Waals surface area (Å²) in [4.78, 5) is 11.5. The summed E-state index contributed by atoms with van der Waals surface area (Å²) in [5.41, 5.74) is 0.203. The minimum absolute atomic E-state index is 0.203. The van der Waals surface area contributed by atoms with Gasteiger partial charge in [-0.3, -0.25) is 0 Å². The number of urea groups is 1. The molecule has 4 heteroatoms. The first kappa shape index (κ1) is 13.5. The van der Waals surface area contributed by atoms with E-state index in [4.69, 9.17) is 0 Å². The smallest absolute Gasteiger partial charge is 0.319 e. The molecule has 0 saturated carbocycles. The Morgan fingerprint density at radius 1 is 1.29 bits per heavy atom. The molecule has 94 valence electrons. The van der Waals surface area contributed by atoms with Crippen LogP contribution in [0.4, 0.5) is 14.9 Å². The van der Waals surface area contributed by atoms with Crippen LogP contribution in [0.25, 0.3) is 0 Å². The lowest BCUT2D eigenvalue weighted by Crippen LogP contribution is -2.33. The zero-order valence-corrected chi connectivity index (χ0v) is 10.3. The molecule has 0 aliphatic carbocycles. The highest BCUT2D eigenvalue weighted by atomic mass is 19.1. The second-order valence-electron chi connectivity index (χ2n) is 4.00. The van der Waals surface area contributed by atoms with E-state index >= 15 is 0 Å². The summed E-state index contributed by atoms with van der Waals surface area (Å²) in [5, 5.41) is 5.23. The third-order valence-electron chi connectivity index (χ3n) is 2.83. The van der Waals surface area contributed by atoms with Gasteiger partial charge in [0, 0.05) is 6.54 Å². The molecule has 2 N–H and O–H groups in total. The van der Waals surface area contributed by atoms with Crippen LogP contribution in [0.15, 0.2) is 24.3 Å². The van der Waals surface area contributed by atoms with Crippen molar-refractivity contribution in [2.45, 2.75) is 26.7 Å². The van der Waals surface area contributed by atoms with Crippen molar-refractivity contribution in [1.82, 2.24) is 5.32 Å². The molecule has 0 spiro atoms. The van der Waals surface area contributed by atoms with Gasteiger partial charge in [-0.25, -0.2) is 9.18 Å². The van der Waals surface area contributed by atoms with Crippen LogP contribution in [0.3, 0.4) is 0 Å². The van der Waals surface area contributed by atoms with Crippen LogP contribution in [0.5, 0.6) is 0 Å². The lowest BCUT2D eigenvalue weighted by molar-refractivity contribution is 0.249. The lowest BCUT2D eigenvalue weighted by atomic mass is 10.0. The predicted molar refractivity (Wildman–Crippen MR) is 67.5 cm³/mol. The molecule has 2 amide bonds. The first-order valence-electron chi connectivity index (χ1n) is 5.96. The molecule has 17 heavy (non-hydrogen) atoms. The standard InChI is InChI=1S/C13H19FN2O/c1-3-10(4-2)9-15-13(17)16-12-8-6-5-7-11(12)14/h5-8,10H,3-4,9H2,1-2H3,(H2,15,16,17). The fraction of sp³-hybridized carbons (Fsp3) is 0.462. The van der Waals surface area contributed by atoms with Crippen molar-refractivity contribution in [3.63, 3.8) is 0 Å². The van der Waals surface area contributed by atoms with Crippen LogP contribution < -0.4 is 10.6 Å². The summed E-state index contributed by atoms with van der Waals surface area (Å²) in [6.07, 6.45) is 2.05. The lowest BCUT2D eigenvalue weighted by Gasteiger charge is -2.14. The number of anilines is 1. The number of benzene rings is 1. The van der Waals surface area contributed by atoms with Gasteiger partial charge in [0.05, 0.1) is 5.69 Å².